The van der Waals surface area contributed by atoms with Crippen LogP contribution in [0.25, 0.3) is 0 Å². The van der Waals surface area contributed by atoms with Crippen LogP contribution >= 0.6 is 11.8 Å². The van der Waals surface area contributed by atoms with E-state index < -0.39 is 0 Å². The molecule has 17 heavy (non-hydrogen) atoms. The summed E-state index contributed by atoms with van der Waals surface area (Å²) in [7, 11) is 0. The summed E-state index contributed by atoms with van der Waals surface area (Å²) in [4.78, 5) is 0. The van der Waals surface area contributed by atoms with Crippen molar-refractivity contribution in [2.75, 3.05) is 12.3 Å². The number of rotatable bonds is 4. The third-order valence-electron chi connectivity index (χ3n) is 3.25. The number of nitriles is 1. The quantitative estimate of drug-likeness (QED) is 0.887. The molecule has 2 rings (SSSR count). The van der Waals surface area contributed by atoms with Gasteiger partial charge in [0, 0.05) is 17.8 Å². The Balaban J connectivity index is 1.88. The van der Waals surface area contributed by atoms with Crippen molar-refractivity contribution in [2.24, 2.45) is 0 Å². The molecule has 3 heteroatoms. The number of thioether (sulfide) groups is 1. The number of nitrogens with zero attached hydrogens (tertiary/aromatic N) is 1. The maximum absolute atomic E-state index is 9.00. The Labute approximate surface area is 107 Å². The van der Waals surface area contributed by atoms with E-state index in [1.165, 1.54) is 18.6 Å². The Kier molecular flexibility index (Phi) is 4.09. The molecular formula is C14H18N2S. The minimum atomic E-state index is 0.390. The van der Waals surface area contributed by atoms with Gasteiger partial charge in [-0.05, 0) is 37.1 Å². The van der Waals surface area contributed by atoms with E-state index >= 15 is 0 Å². The fourth-order valence-electron chi connectivity index (χ4n) is 2.22. The van der Waals surface area contributed by atoms with Crippen LogP contribution in [-0.2, 0) is 6.54 Å². The fraction of sp³-hybridized carbons (Fsp3) is 0.500. The molecule has 1 aromatic carbocycles. The Morgan fingerprint density at radius 2 is 2.29 bits per heavy atom. The van der Waals surface area contributed by atoms with E-state index in [2.05, 4.69) is 30.1 Å². The zero-order valence-electron chi connectivity index (χ0n) is 10.2. The van der Waals surface area contributed by atoms with Crippen LogP contribution in [0.1, 0.15) is 30.9 Å². The third kappa shape index (κ3) is 3.24. The molecule has 1 fully saturated rings. The van der Waals surface area contributed by atoms with Crippen molar-refractivity contribution >= 4 is 11.8 Å². The van der Waals surface area contributed by atoms with E-state index in [1.54, 1.807) is 0 Å². The Morgan fingerprint density at radius 1 is 1.47 bits per heavy atom. The van der Waals surface area contributed by atoms with Gasteiger partial charge in [-0.3, -0.25) is 0 Å². The van der Waals surface area contributed by atoms with Gasteiger partial charge in [0.05, 0.1) is 11.6 Å². The van der Waals surface area contributed by atoms with Gasteiger partial charge in [0.2, 0.25) is 0 Å². The SMILES string of the molecule is CC1(CNCc2ccccc2C#N)CCCS1. The van der Waals surface area contributed by atoms with E-state index in [9.17, 15) is 0 Å². The average Bonchev–Trinajstić information content (AvgIpc) is 2.77. The van der Waals surface area contributed by atoms with E-state index in [0.717, 1.165) is 24.2 Å². The second kappa shape index (κ2) is 5.57. The first-order valence-corrected chi connectivity index (χ1v) is 7.05. The molecule has 1 unspecified atom stereocenters. The van der Waals surface area contributed by atoms with Gasteiger partial charge < -0.3 is 5.32 Å². The van der Waals surface area contributed by atoms with Crippen molar-refractivity contribution in [2.45, 2.75) is 31.1 Å². The number of benzene rings is 1. The van der Waals surface area contributed by atoms with Crippen molar-refractivity contribution in [3.05, 3.63) is 35.4 Å². The zero-order valence-corrected chi connectivity index (χ0v) is 11.0. The van der Waals surface area contributed by atoms with Crippen LogP contribution in [0.2, 0.25) is 0 Å². The van der Waals surface area contributed by atoms with Crippen molar-refractivity contribution in [3.8, 4) is 6.07 Å². The maximum atomic E-state index is 9.00. The minimum Gasteiger partial charge on any atom is -0.311 e. The number of hydrogen-bond acceptors (Lipinski definition) is 3. The van der Waals surface area contributed by atoms with Gasteiger partial charge in [0.25, 0.3) is 0 Å². The summed E-state index contributed by atoms with van der Waals surface area (Å²) >= 11 is 2.06. The van der Waals surface area contributed by atoms with Crippen LogP contribution in [0.15, 0.2) is 24.3 Å². The van der Waals surface area contributed by atoms with E-state index in [-0.39, 0.29) is 0 Å². The standard InChI is InChI=1S/C14H18N2S/c1-14(7-4-8-17-14)11-16-10-13-6-3-2-5-12(13)9-15/h2-3,5-6,16H,4,7-8,10-11H2,1H3. The largest absolute Gasteiger partial charge is 0.311 e. The normalized spacial score (nSPS) is 23.5. The molecule has 0 saturated carbocycles. The first-order chi connectivity index (χ1) is 8.23. The van der Waals surface area contributed by atoms with E-state index in [0.29, 0.717) is 4.75 Å². The van der Waals surface area contributed by atoms with Gasteiger partial charge in [0.15, 0.2) is 0 Å². The van der Waals surface area contributed by atoms with Crippen LogP contribution in [0.4, 0.5) is 0 Å². The summed E-state index contributed by atoms with van der Waals surface area (Å²) in [5, 5.41) is 12.5. The summed E-state index contributed by atoms with van der Waals surface area (Å²) in [5.74, 6) is 1.28. The summed E-state index contributed by atoms with van der Waals surface area (Å²) in [6.07, 6.45) is 2.63. The highest BCUT2D eigenvalue weighted by Gasteiger charge is 2.28. The van der Waals surface area contributed by atoms with Crippen LogP contribution in [0.5, 0.6) is 0 Å². The maximum Gasteiger partial charge on any atom is 0.0995 e. The molecule has 0 radical (unpaired) electrons. The van der Waals surface area contributed by atoms with Crippen molar-refractivity contribution in [1.29, 1.82) is 5.26 Å². The molecule has 0 aromatic heterocycles. The molecule has 1 heterocycles. The summed E-state index contributed by atoms with van der Waals surface area (Å²) in [6, 6.07) is 10.0. The summed E-state index contributed by atoms with van der Waals surface area (Å²) in [6.45, 7) is 4.14. The smallest absolute Gasteiger partial charge is 0.0995 e. The lowest BCUT2D eigenvalue weighted by Gasteiger charge is -2.23. The molecule has 1 aromatic rings. The van der Waals surface area contributed by atoms with Crippen molar-refractivity contribution in [1.82, 2.24) is 5.32 Å². The molecule has 0 amide bonds. The topological polar surface area (TPSA) is 35.8 Å². The molecular weight excluding hydrogens is 228 g/mol. The third-order valence-corrected chi connectivity index (χ3v) is 4.79. The van der Waals surface area contributed by atoms with Crippen molar-refractivity contribution in [3.63, 3.8) is 0 Å². The summed E-state index contributed by atoms with van der Waals surface area (Å²) < 4.78 is 0.390. The molecule has 0 aliphatic carbocycles. The monoisotopic (exact) mass is 246 g/mol. The molecule has 2 nitrogen and oxygen atoms in total. The van der Waals surface area contributed by atoms with Crippen molar-refractivity contribution < 1.29 is 0 Å². The first-order valence-electron chi connectivity index (χ1n) is 6.06. The molecule has 90 valence electrons. The molecule has 1 saturated heterocycles. The average molecular weight is 246 g/mol. The van der Waals surface area contributed by atoms with E-state index in [1.807, 2.05) is 24.3 Å². The predicted octanol–water partition coefficient (Wildman–Crippen LogP) is 2.93. The molecule has 1 aliphatic heterocycles. The Morgan fingerprint density at radius 3 is 3.00 bits per heavy atom. The van der Waals surface area contributed by atoms with Gasteiger partial charge in [-0.2, -0.15) is 17.0 Å². The lowest BCUT2D eigenvalue weighted by atomic mass is 10.1. The molecule has 1 atom stereocenters. The Bertz CT molecular complexity index is 416. The first kappa shape index (κ1) is 12.5. The summed E-state index contributed by atoms with van der Waals surface area (Å²) in [5.41, 5.74) is 1.88. The van der Waals surface area contributed by atoms with Gasteiger partial charge in [-0.1, -0.05) is 18.2 Å². The zero-order chi connectivity index (χ0) is 12.1. The Hall–Kier alpha value is -0.980. The molecule has 0 bridgehead atoms. The van der Waals surface area contributed by atoms with Crippen LogP contribution in [-0.4, -0.2) is 17.0 Å². The molecule has 1 N–H and O–H groups in total. The lowest BCUT2D eigenvalue weighted by molar-refractivity contribution is 0.537. The van der Waals surface area contributed by atoms with E-state index in [4.69, 9.17) is 5.26 Å². The molecule has 0 spiro atoms. The van der Waals surface area contributed by atoms with Gasteiger partial charge in [0.1, 0.15) is 0 Å². The highest BCUT2D eigenvalue weighted by atomic mass is 32.2. The van der Waals surface area contributed by atoms with Crippen LogP contribution < -0.4 is 5.32 Å². The van der Waals surface area contributed by atoms with Crippen LogP contribution in [0, 0.1) is 11.3 Å². The fourth-order valence-corrected chi connectivity index (χ4v) is 3.50. The predicted molar refractivity (Wildman–Crippen MR) is 73.0 cm³/mol. The molecule has 1 aliphatic rings. The second-order valence-electron chi connectivity index (χ2n) is 4.77. The van der Waals surface area contributed by atoms with Crippen LogP contribution in [0.3, 0.4) is 0 Å². The highest BCUT2D eigenvalue weighted by Crippen LogP contribution is 2.36. The van der Waals surface area contributed by atoms with Gasteiger partial charge in [-0.25, -0.2) is 0 Å². The second-order valence-corrected chi connectivity index (χ2v) is 6.46. The van der Waals surface area contributed by atoms with Gasteiger partial charge >= 0.3 is 0 Å². The highest BCUT2D eigenvalue weighted by molar-refractivity contribution is 8.00. The number of nitrogens with one attached hydrogen (secondary N) is 1. The number of hydrogen-bond donors (Lipinski definition) is 1. The lowest BCUT2D eigenvalue weighted by Crippen LogP contribution is -2.32. The minimum absolute atomic E-state index is 0.390. The van der Waals surface area contributed by atoms with Gasteiger partial charge in [-0.15, -0.1) is 0 Å².